The Balaban J connectivity index is 0.866. The molecule has 4 saturated heterocycles. The summed E-state index contributed by atoms with van der Waals surface area (Å²) in [7, 11) is -4.43. The van der Waals surface area contributed by atoms with E-state index >= 15 is 0 Å². The van der Waals surface area contributed by atoms with Crippen LogP contribution in [-0.4, -0.2) is 86.3 Å². The van der Waals surface area contributed by atoms with Crippen molar-refractivity contribution < 1.29 is 55.6 Å². The Morgan fingerprint density at radius 2 is 0.400 bits per heavy atom. The summed E-state index contributed by atoms with van der Waals surface area (Å²) in [6, 6.07) is 65.6. The van der Waals surface area contributed by atoms with Crippen molar-refractivity contribution in [3.8, 4) is 46.0 Å². The second-order valence-electron chi connectivity index (χ2n) is 24.7. The monoisotopic (exact) mass is 1160 g/mol. The average molecular weight is 1160 g/mol. The van der Waals surface area contributed by atoms with E-state index in [1.807, 2.05) is 97.1 Å². The molecule has 4 atom stereocenters. The maximum Gasteiger partial charge on any atom is 0.966 e. The molecule has 4 unspecified atom stereocenters. The molecule has 85 heavy (non-hydrogen) atoms. The molecule has 0 amide bonds. The predicted molar refractivity (Wildman–Crippen MR) is 329 cm³/mol. The van der Waals surface area contributed by atoms with Gasteiger partial charge in [0.15, 0.2) is 0 Å². The second-order valence-corrected chi connectivity index (χ2v) is 26.5. The van der Waals surface area contributed by atoms with Crippen molar-refractivity contribution in [2.45, 2.75) is 101 Å². The first-order valence-corrected chi connectivity index (χ1v) is 31.2. The highest BCUT2D eigenvalue weighted by atomic mass is 28.4. The molecule has 440 valence electrons. The van der Waals surface area contributed by atoms with Crippen molar-refractivity contribution in [1.82, 2.24) is 0 Å². The molecule has 12 rings (SSSR count). The van der Waals surface area contributed by atoms with E-state index < -0.39 is 9.05 Å². The third-order valence-electron chi connectivity index (χ3n) is 16.9. The van der Waals surface area contributed by atoms with Crippen LogP contribution in [-0.2, 0) is 40.6 Å². The van der Waals surface area contributed by atoms with Crippen LogP contribution in [0, 0.1) is 0 Å². The van der Waals surface area contributed by atoms with E-state index in [1.165, 1.54) is 0 Å². The number of hydrogen-bond donors (Lipinski definition) is 0. The summed E-state index contributed by atoms with van der Waals surface area (Å²) in [5.74, 6) is 5.31. The molecule has 0 N–H and O–H groups in total. The van der Waals surface area contributed by atoms with Gasteiger partial charge in [0.2, 0.25) is 0 Å². The molecule has 0 aromatic heterocycles. The smallest absolute Gasteiger partial charge is 0.491 e. The molecule has 0 spiro atoms. The highest BCUT2D eigenvalue weighted by Crippen LogP contribution is 2.40. The van der Waals surface area contributed by atoms with Crippen LogP contribution in [0.2, 0.25) is 0 Å². The molecule has 8 aromatic rings. The van der Waals surface area contributed by atoms with Gasteiger partial charge in [0.25, 0.3) is 0 Å². The Morgan fingerprint density at radius 1 is 0.259 bits per heavy atom. The van der Waals surface area contributed by atoms with Gasteiger partial charge in [-0.15, -0.1) is 0 Å². The van der Waals surface area contributed by atoms with Crippen LogP contribution in [0.5, 0.6) is 46.0 Å². The summed E-state index contributed by atoms with van der Waals surface area (Å²) in [5.41, 5.74) is 7.46. The maximum absolute atomic E-state index is 7.19. The van der Waals surface area contributed by atoms with Gasteiger partial charge in [0.05, 0.1) is 26.4 Å². The SMILES string of the molecule is CC(C)(c1ccc(OCC2CO2)cc1)c1ccc(O[Si](Oc2ccc(C(C)(C)c3ccc(OCC4CO4)cc3)cc2)(Oc2ccc(C(C)(C)c3ccc(OCC4CO4)cc3)cc2)Oc2ccc(C(C)(C)c3ccc(OCC4CO4)cc3)cc2)cc1. The first-order valence-electron chi connectivity index (χ1n) is 29.5. The zero-order valence-electron chi connectivity index (χ0n) is 49.8. The lowest BCUT2D eigenvalue weighted by Crippen LogP contribution is -2.60. The number of epoxide rings is 4. The van der Waals surface area contributed by atoms with E-state index in [2.05, 4.69) is 152 Å². The highest BCUT2D eigenvalue weighted by molar-refractivity contribution is 6.57. The molecule has 4 aliphatic rings. The van der Waals surface area contributed by atoms with E-state index in [-0.39, 0.29) is 46.1 Å². The zero-order chi connectivity index (χ0) is 58.8. The van der Waals surface area contributed by atoms with Gasteiger partial charge < -0.3 is 55.6 Å². The van der Waals surface area contributed by atoms with Gasteiger partial charge in [0, 0.05) is 21.7 Å². The Bertz CT molecular complexity index is 3000. The third kappa shape index (κ3) is 14.2. The zero-order valence-corrected chi connectivity index (χ0v) is 50.8. The summed E-state index contributed by atoms with van der Waals surface area (Å²) in [5, 5.41) is 0. The van der Waals surface area contributed by atoms with Gasteiger partial charge >= 0.3 is 9.05 Å². The van der Waals surface area contributed by atoms with Crippen LogP contribution in [0.1, 0.15) is 99.9 Å². The minimum Gasteiger partial charge on any atom is -0.491 e. The quantitative estimate of drug-likeness (QED) is 0.0342. The number of hydrogen-bond acceptors (Lipinski definition) is 12. The fourth-order valence-electron chi connectivity index (χ4n) is 10.4. The standard InChI is InChI=1S/C72H76O12Si/c1-69(2,49-9-25-57(26-10-49)73-41-65-45-77-65)53-17-33-61(34-18-53)81-85(82-62-35-19-54(20-36-62)70(3,4)50-11-27-58(28-12-50)74-42-66-46-78-66,83-63-37-21-55(22-38-63)71(5,6)51-13-29-59(30-14-51)75-43-67-47-79-67)84-64-39-23-56(24-40-64)72(7,8)52-15-31-60(32-16-52)76-44-68-48-80-68/h9-40,65-68H,41-48H2,1-8H3. The van der Waals surface area contributed by atoms with Gasteiger partial charge in [-0.25, -0.2) is 0 Å². The van der Waals surface area contributed by atoms with Crippen molar-refractivity contribution in [2.24, 2.45) is 0 Å². The summed E-state index contributed by atoms with van der Waals surface area (Å²) < 4.78 is 74.0. The molecule has 13 heteroatoms. The topological polar surface area (TPSA) is 124 Å². The minimum absolute atomic E-state index is 0.184. The third-order valence-corrected chi connectivity index (χ3v) is 18.9. The lowest BCUT2D eigenvalue weighted by atomic mass is 9.78. The molecular weight excluding hydrogens is 1080 g/mol. The molecule has 4 fully saturated rings. The number of ether oxygens (including phenoxy) is 8. The summed E-state index contributed by atoms with van der Waals surface area (Å²) >= 11 is 0. The molecule has 12 nitrogen and oxygen atoms in total. The lowest BCUT2D eigenvalue weighted by molar-refractivity contribution is 0.161. The van der Waals surface area contributed by atoms with Gasteiger partial charge in [-0.05, 0) is 142 Å². The van der Waals surface area contributed by atoms with E-state index in [0.717, 1.165) is 93.9 Å². The molecular formula is C72H76O12Si. The fraction of sp³-hybridized carbons (Fsp3) is 0.333. The van der Waals surface area contributed by atoms with E-state index in [1.54, 1.807) is 0 Å². The molecule has 0 aliphatic carbocycles. The van der Waals surface area contributed by atoms with Crippen LogP contribution >= 0.6 is 0 Å². The van der Waals surface area contributed by atoms with Crippen LogP contribution in [0.25, 0.3) is 0 Å². The van der Waals surface area contributed by atoms with Gasteiger partial charge in [-0.2, -0.15) is 0 Å². The number of benzene rings is 8. The van der Waals surface area contributed by atoms with Gasteiger partial charge in [-0.3, -0.25) is 0 Å². The molecule has 4 heterocycles. The summed E-state index contributed by atoms with van der Waals surface area (Å²) in [6.07, 6.45) is 0.736. The van der Waals surface area contributed by atoms with Crippen LogP contribution in [0.15, 0.2) is 194 Å². The van der Waals surface area contributed by atoms with E-state index in [9.17, 15) is 0 Å². The molecule has 0 bridgehead atoms. The van der Waals surface area contributed by atoms with Crippen molar-refractivity contribution in [3.05, 3.63) is 239 Å². The summed E-state index contributed by atoms with van der Waals surface area (Å²) in [4.78, 5) is 0. The fourth-order valence-corrected chi connectivity index (χ4v) is 12.4. The highest BCUT2D eigenvalue weighted by Gasteiger charge is 2.58. The van der Waals surface area contributed by atoms with Crippen LogP contribution < -0.4 is 36.7 Å². The molecule has 0 radical (unpaired) electrons. The Hall–Kier alpha value is -7.78. The Labute approximate surface area is 501 Å². The Morgan fingerprint density at radius 3 is 0.541 bits per heavy atom. The lowest BCUT2D eigenvalue weighted by Gasteiger charge is -2.31. The second kappa shape index (κ2) is 23.9. The number of rotatable bonds is 28. The minimum atomic E-state index is -4.43. The van der Waals surface area contributed by atoms with E-state index in [0.29, 0.717) is 49.4 Å². The molecule has 4 aliphatic heterocycles. The first-order chi connectivity index (χ1) is 41.0. The van der Waals surface area contributed by atoms with Crippen molar-refractivity contribution in [1.29, 1.82) is 0 Å². The summed E-state index contributed by atoms with van der Waals surface area (Å²) in [6.45, 7) is 22.9. The predicted octanol–water partition coefficient (Wildman–Crippen LogP) is 14.2. The molecule has 8 aromatic carbocycles. The van der Waals surface area contributed by atoms with Crippen LogP contribution in [0.4, 0.5) is 0 Å². The van der Waals surface area contributed by atoms with Crippen molar-refractivity contribution in [2.75, 3.05) is 52.9 Å². The van der Waals surface area contributed by atoms with Crippen molar-refractivity contribution >= 4 is 9.05 Å². The maximum atomic E-state index is 7.19. The Kier molecular flexibility index (Phi) is 16.2. The van der Waals surface area contributed by atoms with Crippen LogP contribution in [0.3, 0.4) is 0 Å². The van der Waals surface area contributed by atoms with Gasteiger partial charge in [-0.1, -0.05) is 152 Å². The average Bonchev–Trinajstić information content (AvgIpc) is 3.47. The molecule has 0 saturated carbocycles. The van der Waals surface area contributed by atoms with Gasteiger partial charge in [0.1, 0.15) is 96.8 Å². The first kappa shape index (κ1) is 57.6. The normalized spacial score (nSPS) is 18.7. The largest absolute Gasteiger partial charge is 0.966 e. The van der Waals surface area contributed by atoms with Crippen molar-refractivity contribution in [3.63, 3.8) is 0 Å². The van der Waals surface area contributed by atoms with E-state index in [4.69, 9.17) is 55.6 Å².